The van der Waals surface area contributed by atoms with Crippen LogP contribution in [0.25, 0.3) is 11.3 Å². The molecule has 0 radical (unpaired) electrons. The molecule has 2 rings (SSSR count). The maximum Gasteiger partial charge on any atom is 0.358 e. The maximum absolute atomic E-state index is 12.1. The lowest BCUT2D eigenvalue weighted by Gasteiger charge is -2.16. The topological polar surface area (TPSA) is 106 Å². The highest BCUT2D eigenvalue weighted by molar-refractivity contribution is 6.76. The van der Waals surface area contributed by atoms with E-state index in [-0.39, 0.29) is 23.9 Å². The molecule has 2 aromatic rings. The number of hydrogen-bond donors (Lipinski definition) is 0. The average Bonchev–Trinajstić information content (AvgIpc) is 3.07. The minimum atomic E-state index is -1.23. The fraction of sp³-hybridized carbons (Fsp3) is 0.444. The molecule has 10 heteroatoms. The second kappa shape index (κ2) is 8.98. The summed E-state index contributed by atoms with van der Waals surface area (Å²) in [6.45, 7) is 7.52. The summed E-state index contributed by atoms with van der Waals surface area (Å²) in [5.41, 5.74) is 0.698. The minimum Gasteiger partial charge on any atom is -0.490 e. The van der Waals surface area contributed by atoms with Crippen LogP contribution in [0.3, 0.4) is 0 Å². The molecule has 0 fully saturated rings. The van der Waals surface area contributed by atoms with Gasteiger partial charge in [0.2, 0.25) is 0 Å². The molecule has 1 aromatic carbocycles. The van der Waals surface area contributed by atoms with Crippen molar-refractivity contribution in [2.75, 3.05) is 20.8 Å². The van der Waals surface area contributed by atoms with Gasteiger partial charge in [0.1, 0.15) is 6.73 Å². The number of benzene rings is 1. The number of carbonyl (C=O) groups excluding carboxylic acids is 1. The van der Waals surface area contributed by atoms with Crippen LogP contribution >= 0.6 is 0 Å². The van der Waals surface area contributed by atoms with Crippen molar-refractivity contribution in [1.82, 2.24) is 9.55 Å². The number of esters is 1. The standard InChI is InChI=1S/C18H25N3O6Si/c1-25-15-7-6-13(10-14(15)21(23)24)17-16(18(22)26-2)19-11-20(17)12-27-8-9-28(3,4)5/h6-7,10-11H,8-9,12H2,1-5H3. The van der Waals surface area contributed by atoms with Crippen molar-refractivity contribution in [3.63, 3.8) is 0 Å². The molecule has 0 aliphatic rings. The highest BCUT2D eigenvalue weighted by atomic mass is 28.3. The van der Waals surface area contributed by atoms with E-state index < -0.39 is 19.0 Å². The Labute approximate surface area is 164 Å². The number of hydrogen-bond acceptors (Lipinski definition) is 7. The van der Waals surface area contributed by atoms with E-state index >= 15 is 0 Å². The second-order valence-electron chi connectivity index (χ2n) is 7.39. The zero-order chi connectivity index (χ0) is 20.9. The van der Waals surface area contributed by atoms with Crippen molar-refractivity contribution in [2.24, 2.45) is 0 Å². The Morgan fingerprint density at radius 1 is 1.29 bits per heavy atom. The molecular weight excluding hydrogens is 382 g/mol. The Kier molecular flexibility index (Phi) is 6.92. The van der Waals surface area contributed by atoms with Crippen molar-refractivity contribution >= 4 is 19.7 Å². The zero-order valence-corrected chi connectivity index (χ0v) is 17.7. The van der Waals surface area contributed by atoms with E-state index in [1.54, 1.807) is 10.6 Å². The van der Waals surface area contributed by atoms with Crippen LogP contribution in [0.2, 0.25) is 25.7 Å². The molecular formula is C18H25N3O6Si. The van der Waals surface area contributed by atoms with E-state index in [0.717, 1.165) is 6.04 Å². The van der Waals surface area contributed by atoms with Crippen molar-refractivity contribution in [1.29, 1.82) is 0 Å². The summed E-state index contributed by atoms with van der Waals surface area (Å²) in [4.78, 5) is 27.1. The highest BCUT2D eigenvalue weighted by Gasteiger charge is 2.24. The first kappa shape index (κ1) is 21.6. The van der Waals surface area contributed by atoms with Crippen molar-refractivity contribution in [2.45, 2.75) is 32.4 Å². The Morgan fingerprint density at radius 2 is 2.00 bits per heavy atom. The van der Waals surface area contributed by atoms with E-state index in [1.165, 1.54) is 32.7 Å². The van der Waals surface area contributed by atoms with E-state index in [0.29, 0.717) is 17.9 Å². The summed E-state index contributed by atoms with van der Waals surface area (Å²) in [5, 5.41) is 11.4. The Bertz CT molecular complexity index is 859. The minimum absolute atomic E-state index is 0.0655. The van der Waals surface area contributed by atoms with Gasteiger partial charge >= 0.3 is 11.7 Å². The molecule has 0 bridgehead atoms. The number of carbonyl (C=O) groups is 1. The summed E-state index contributed by atoms with van der Waals surface area (Å²) in [5.74, 6) is -0.500. The first-order valence-corrected chi connectivity index (χ1v) is 12.4. The third-order valence-corrected chi connectivity index (χ3v) is 5.80. The van der Waals surface area contributed by atoms with Gasteiger partial charge in [0.15, 0.2) is 11.4 Å². The number of aromatic nitrogens is 2. The first-order chi connectivity index (χ1) is 13.2. The molecule has 152 valence electrons. The monoisotopic (exact) mass is 407 g/mol. The maximum atomic E-state index is 12.1. The van der Waals surface area contributed by atoms with Gasteiger partial charge in [0.05, 0.1) is 31.2 Å². The molecule has 1 heterocycles. The molecule has 0 atom stereocenters. The summed E-state index contributed by atoms with van der Waals surface area (Å²) < 4.78 is 17.2. The smallest absolute Gasteiger partial charge is 0.358 e. The average molecular weight is 407 g/mol. The van der Waals surface area contributed by atoms with Crippen LogP contribution in [0, 0.1) is 10.1 Å². The van der Waals surface area contributed by atoms with Crippen LogP contribution in [0.15, 0.2) is 24.5 Å². The largest absolute Gasteiger partial charge is 0.490 e. The first-order valence-electron chi connectivity index (χ1n) is 8.72. The van der Waals surface area contributed by atoms with Gasteiger partial charge in [-0.15, -0.1) is 0 Å². The second-order valence-corrected chi connectivity index (χ2v) is 13.0. The number of imidazole rings is 1. The van der Waals surface area contributed by atoms with Gasteiger partial charge in [0.25, 0.3) is 0 Å². The lowest BCUT2D eigenvalue weighted by Crippen LogP contribution is -2.22. The normalized spacial score (nSPS) is 11.3. The quantitative estimate of drug-likeness (QED) is 0.206. The summed E-state index contributed by atoms with van der Waals surface area (Å²) in [7, 11) is 1.38. The predicted molar refractivity (Wildman–Crippen MR) is 106 cm³/mol. The van der Waals surface area contributed by atoms with Crippen molar-refractivity contribution in [3.8, 4) is 17.0 Å². The molecule has 0 saturated carbocycles. The van der Waals surface area contributed by atoms with Gasteiger partial charge < -0.3 is 18.8 Å². The molecule has 0 N–H and O–H groups in total. The molecule has 0 spiro atoms. The van der Waals surface area contributed by atoms with Gasteiger partial charge in [-0.25, -0.2) is 9.78 Å². The highest BCUT2D eigenvalue weighted by Crippen LogP contribution is 2.33. The lowest BCUT2D eigenvalue weighted by molar-refractivity contribution is -0.385. The number of methoxy groups -OCH3 is 2. The molecule has 1 aromatic heterocycles. The molecule has 0 amide bonds. The van der Waals surface area contributed by atoms with Crippen LogP contribution < -0.4 is 4.74 Å². The Hall–Kier alpha value is -2.72. The number of nitrogens with zero attached hydrogens (tertiary/aromatic N) is 3. The van der Waals surface area contributed by atoms with Crippen LogP contribution in [-0.2, 0) is 16.2 Å². The van der Waals surface area contributed by atoms with Crippen LogP contribution in [0.1, 0.15) is 10.5 Å². The fourth-order valence-corrected chi connectivity index (χ4v) is 3.31. The van der Waals surface area contributed by atoms with Gasteiger partial charge in [0, 0.05) is 26.3 Å². The number of rotatable bonds is 9. The van der Waals surface area contributed by atoms with Gasteiger partial charge in [-0.05, 0) is 18.2 Å². The molecule has 0 aliphatic heterocycles. The SMILES string of the molecule is COC(=O)c1ncn(COCC[Si](C)(C)C)c1-c1ccc(OC)c([N+](=O)[O-])c1. The van der Waals surface area contributed by atoms with E-state index in [1.807, 2.05) is 0 Å². The van der Waals surface area contributed by atoms with Gasteiger partial charge in [-0.2, -0.15) is 0 Å². The van der Waals surface area contributed by atoms with E-state index in [4.69, 9.17) is 14.2 Å². The third-order valence-electron chi connectivity index (χ3n) is 4.09. The summed E-state index contributed by atoms with van der Waals surface area (Å²) in [6.07, 6.45) is 1.46. The predicted octanol–water partition coefficient (Wildman–Crippen LogP) is 3.57. The lowest BCUT2D eigenvalue weighted by atomic mass is 10.1. The van der Waals surface area contributed by atoms with Crippen molar-refractivity contribution in [3.05, 3.63) is 40.3 Å². The molecule has 0 saturated heterocycles. The number of ether oxygens (including phenoxy) is 3. The Morgan fingerprint density at radius 3 is 2.57 bits per heavy atom. The fourth-order valence-electron chi connectivity index (χ4n) is 2.55. The summed E-state index contributed by atoms with van der Waals surface area (Å²) in [6, 6.07) is 5.46. The van der Waals surface area contributed by atoms with Gasteiger partial charge in [-0.1, -0.05) is 19.6 Å². The van der Waals surface area contributed by atoms with E-state index in [9.17, 15) is 14.9 Å². The molecule has 9 nitrogen and oxygen atoms in total. The molecule has 0 aliphatic carbocycles. The Balaban J connectivity index is 2.40. The number of nitro benzene ring substituents is 1. The molecule has 0 unspecified atom stereocenters. The molecule has 28 heavy (non-hydrogen) atoms. The third kappa shape index (κ3) is 5.17. The van der Waals surface area contributed by atoms with Crippen molar-refractivity contribution < 1.29 is 23.9 Å². The van der Waals surface area contributed by atoms with Crippen LogP contribution in [0.5, 0.6) is 5.75 Å². The number of nitro groups is 1. The van der Waals surface area contributed by atoms with Crippen LogP contribution in [0.4, 0.5) is 5.69 Å². The van der Waals surface area contributed by atoms with Gasteiger partial charge in [-0.3, -0.25) is 10.1 Å². The van der Waals surface area contributed by atoms with Crippen LogP contribution in [-0.4, -0.2) is 49.3 Å². The van der Waals surface area contributed by atoms with E-state index in [2.05, 4.69) is 24.6 Å². The summed E-state index contributed by atoms with van der Waals surface area (Å²) >= 11 is 0. The zero-order valence-electron chi connectivity index (χ0n) is 16.7.